The van der Waals surface area contributed by atoms with Crippen molar-refractivity contribution in [2.24, 2.45) is 0 Å². The van der Waals surface area contributed by atoms with Crippen LogP contribution in [-0.2, 0) is 4.74 Å². The van der Waals surface area contributed by atoms with Gasteiger partial charge in [-0.1, -0.05) is 6.07 Å². The highest BCUT2D eigenvalue weighted by molar-refractivity contribution is 5.91. The Bertz CT molecular complexity index is 751. The molecule has 6 heteroatoms. The molecule has 134 valence electrons. The summed E-state index contributed by atoms with van der Waals surface area (Å²) in [5, 5.41) is 9.26. The number of amides is 1. The van der Waals surface area contributed by atoms with E-state index in [9.17, 15) is 4.79 Å². The van der Waals surface area contributed by atoms with Gasteiger partial charge in [-0.05, 0) is 51.8 Å². The average Bonchev–Trinajstić information content (AvgIpc) is 2.59. The number of nitrogens with zero attached hydrogens (tertiary/aromatic N) is 4. The zero-order chi connectivity index (χ0) is 18.0. The molecule has 1 saturated heterocycles. The molecule has 0 saturated carbocycles. The fraction of sp³-hybridized carbons (Fsp3) is 0.526. The molecular weight excluding hydrogens is 316 g/mol. The van der Waals surface area contributed by atoms with E-state index in [2.05, 4.69) is 21.2 Å². The Hall–Kier alpha value is -2.37. The minimum Gasteiger partial charge on any atom is -0.444 e. The molecule has 0 aliphatic carbocycles. The minimum atomic E-state index is -0.478. The molecule has 0 spiro atoms. The van der Waals surface area contributed by atoms with Crippen molar-refractivity contribution in [3.8, 4) is 0 Å². The zero-order valence-corrected chi connectivity index (χ0v) is 15.4. The second kappa shape index (κ2) is 6.86. The van der Waals surface area contributed by atoms with E-state index in [1.165, 1.54) is 0 Å². The lowest BCUT2D eigenvalue weighted by molar-refractivity contribution is 0.0210. The third-order valence-electron chi connectivity index (χ3n) is 4.50. The van der Waals surface area contributed by atoms with Crippen LogP contribution in [0, 0.1) is 0 Å². The van der Waals surface area contributed by atoms with Crippen LogP contribution in [-0.4, -0.2) is 53.0 Å². The first-order valence-corrected chi connectivity index (χ1v) is 8.76. The van der Waals surface area contributed by atoms with Gasteiger partial charge in [0.05, 0.1) is 17.8 Å². The van der Waals surface area contributed by atoms with E-state index in [-0.39, 0.29) is 12.1 Å². The van der Waals surface area contributed by atoms with Gasteiger partial charge in [-0.3, -0.25) is 0 Å². The molecule has 2 heterocycles. The number of carbonyl (C=O) groups excluding carboxylic acids is 1. The summed E-state index contributed by atoms with van der Waals surface area (Å²) < 4.78 is 5.51. The molecule has 25 heavy (non-hydrogen) atoms. The van der Waals surface area contributed by atoms with Gasteiger partial charge in [-0.15, -0.1) is 0 Å². The number of carbonyl (C=O) groups is 1. The predicted molar refractivity (Wildman–Crippen MR) is 98.8 cm³/mol. The van der Waals surface area contributed by atoms with Gasteiger partial charge in [-0.25, -0.2) is 4.79 Å². The Morgan fingerprint density at radius 2 is 2.12 bits per heavy atom. The minimum absolute atomic E-state index is 0.133. The Labute approximate surface area is 148 Å². The van der Waals surface area contributed by atoms with Crippen LogP contribution in [0.3, 0.4) is 0 Å². The average molecular weight is 342 g/mol. The van der Waals surface area contributed by atoms with Crippen LogP contribution in [0.1, 0.15) is 33.6 Å². The highest BCUT2D eigenvalue weighted by Gasteiger charge is 2.29. The monoisotopic (exact) mass is 342 g/mol. The fourth-order valence-electron chi connectivity index (χ4n) is 3.25. The van der Waals surface area contributed by atoms with Crippen LogP contribution in [0.25, 0.3) is 10.9 Å². The summed E-state index contributed by atoms with van der Waals surface area (Å²) in [5.74, 6) is 0. The van der Waals surface area contributed by atoms with Crippen molar-refractivity contribution in [3.63, 3.8) is 0 Å². The summed E-state index contributed by atoms with van der Waals surface area (Å²) in [5.41, 5.74) is 1.56. The van der Waals surface area contributed by atoms with Gasteiger partial charge in [0, 0.05) is 31.2 Å². The third kappa shape index (κ3) is 4.00. The quantitative estimate of drug-likeness (QED) is 0.836. The van der Waals surface area contributed by atoms with Gasteiger partial charge in [0.15, 0.2) is 0 Å². The summed E-state index contributed by atoms with van der Waals surface area (Å²) in [6.07, 6.45) is 3.48. The van der Waals surface area contributed by atoms with Crippen LogP contribution in [0.2, 0.25) is 0 Å². The number of ether oxygens (including phenoxy) is 1. The number of hydrogen-bond donors (Lipinski definition) is 0. The van der Waals surface area contributed by atoms with E-state index in [0.29, 0.717) is 0 Å². The number of aromatic nitrogens is 2. The molecule has 1 aliphatic rings. The van der Waals surface area contributed by atoms with Crippen molar-refractivity contribution in [1.29, 1.82) is 0 Å². The standard InChI is InChI=1S/C19H26N4O2/c1-19(2,3)25-18(24)22(4)14-7-6-12-23(13-14)17-9-5-8-16-15(17)10-11-20-21-16/h5,8-11,14H,6-7,12-13H2,1-4H3. The lowest BCUT2D eigenvalue weighted by Crippen LogP contribution is -2.49. The van der Waals surface area contributed by atoms with Gasteiger partial charge in [0.25, 0.3) is 0 Å². The summed E-state index contributed by atoms with van der Waals surface area (Å²) in [6, 6.07) is 8.22. The van der Waals surface area contributed by atoms with Crippen molar-refractivity contribution >= 4 is 22.7 Å². The van der Waals surface area contributed by atoms with Crippen LogP contribution < -0.4 is 4.90 Å². The largest absolute Gasteiger partial charge is 0.444 e. The van der Waals surface area contributed by atoms with Crippen LogP contribution in [0.4, 0.5) is 10.5 Å². The van der Waals surface area contributed by atoms with Crippen LogP contribution >= 0.6 is 0 Å². The van der Waals surface area contributed by atoms with E-state index >= 15 is 0 Å². The molecular formula is C19H26N4O2. The molecule has 1 amide bonds. The van der Waals surface area contributed by atoms with Gasteiger partial charge in [-0.2, -0.15) is 10.2 Å². The summed E-state index contributed by atoms with van der Waals surface area (Å²) in [7, 11) is 1.83. The molecule has 1 aliphatic heterocycles. The molecule has 3 rings (SSSR count). The highest BCUT2D eigenvalue weighted by atomic mass is 16.6. The summed E-state index contributed by atoms with van der Waals surface area (Å²) >= 11 is 0. The van der Waals surface area contributed by atoms with E-state index < -0.39 is 5.60 Å². The lowest BCUT2D eigenvalue weighted by atomic mass is 10.0. The lowest BCUT2D eigenvalue weighted by Gasteiger charge is -2.39. The Morgan fingerprint density at radius 3 is 2.88 bits per heavy atom. The van der Waals surface area contributed by atoms with Gasteiger partial charge in [0.2, 0.25) is 0 Å². The SMILES string of the molecule is CN(C(=O)OC(C)(C)C)C1CCCN(c2cccc3nnccc23)C1. The number of piperidine rings is 1. The predicted octanol–water partition coefficient (Wildman–Crippen LogP) is 3.47. The smallest absolute Gasteiger partial charge is 0.410 e. The fourth-order valence-corrected chi connectivity index (χ4v) is 3.25. The Morgan fingerprint density at radius 1 is 1.32 bits per heavy atom. The van der Waals surface area contributed by atoms with Gasteiger partial charge >= 0.3 is 6.09 Å². The molecule has 1 fully saturated rings. The van der Waals surface area contributed by atoms with Crippen molar-refractivity contribution in [2.45, 2.75) is 45.3 Å². The molecule has 1 aromatic heterocycles. The zero-order valence-electron chi connectivity index (χ0n) is 15.4. The Kier molecular flexibility index (Phi) is 4.79. The molecule has 1 unspecified atom stereocenters. The van der Waals surface area contributed by atoms with Crippen LogP contribution in [0.5, 0.6) is 0 Å². The van der Waals surface area contributed by atoms with E-state index in [1.807, 2.05) is 46.0 Å². The first-order chi connectivity index (χ1) is 11.8. The van der Waals surface area contributed by atoms with Crippen molar-refractivity contribution in [2.75, 3.05) is 25.0 Å². The van der Waals surface area contributed by atoms with E-state index in [1.54, 1.807) is 11.1 Å². The van der Waals surface area contributed by atoms with Crippen molar-refractivity contribution in [3.05, 3.63) is 30.5 Å². The Balaban J connectivity index is 1.78. The van der Waals surface area contributed by atoms with Crippen molar-refractivity contribution < 1.29 is 9.53 Å². The molecule has 1 aromatic carbocycles. The molecule has 0 radical (unpaired) electrons. The van der Waals surface area contributed by atoms with Crippen molar-refractivity contribution in [1.82, 2.24) is 15.1 Å². The summed E-state index contributed by atoms with van der Waals surface area (Å²) in [6.45, 7) is 7.44. The molecule has 1 atom stereocenters. The number of hydrogen-bond acceptors (Lipinski definition) is 5. The molecule has 2 aromatic rings. The molecule has 0 N–H and O–H groups in total. The van der Waals surface area contributed by atoms with E-state index in [0.717, 1.165) is 42.5 Å². The number of anilines is 1. The number of likely N-dealkylation sites (N-methyl/N-ethyl adjacent to an activating group) is 1. The second-order valence-corrected chi connectivity index (χ2v) is 7.57. The topological polar surface area (TPSA) is 58.6 Å². The number of fused-ring (bicyclic) bond motifs is 1. The first kappa shape index (κ1) is 17.5. The third-order valence-corrected chi connectivity index (χ3v) is 4.50. The first-order valence-electron chi connectivity index (χ1n) is 8.76. The normalized spacial score (nSPS) is 18.2. The van der Waals surface area contributed by atoms with E-state index in [4.69, 9.17) is 4.74 Å². The maximum atomic E-state index is 12.4. The summed E-state index contributed by atoms with van der Waals surface area (Å²) in [4.78, 5) is 16.5. The molecule has 0 bridgehead atoms. The maximum absolute atomic E-state index is 12.4. The second-order valence-electron chi connectivity index (χ2n) is 7.57. The van der Waals surface area contributed by atoms with Crippen LogP contribution in [0.15, 0.2) is 30.5 Å². The number of benzene rings is 1. The number of rotatable bonds is 2. The van der Waals surface area contributed by atoms with Gasteiger partial charge in [0.1, 0.15) is 5.60 Å². The highest BCUT2D eigenvalue weighted by Crippen LogP contribution is 2.28. The molecule has 6 nitrogen and oxygen atoms in total. The maximum Gasteiger partial charge on any atom is 0.410 e. The van der Waals surface area contributed by atoms with Gasteiger partial charge < -0.3 is 14.5 Å².